The molecule has 0 aliphatic carbocycles. The molecule has 1 heterocycles. The predicted octanol–water partition coefficient (Wildman–Crippen LogP) is 5.35. The molecule has 0 bridgehead atoms. The van der Waals surface area contributed by atoms with E-state index in [1.165, 1.54) is 18.4 Å². The van der Waals surface area contributed by atoms with Crippen molar-refractivity contribution < 1.29 is 9.53 Å². The van der Waals surface area contributed by atoms with Crippen LogP contribution in [-0.2, 0) is 6.42 Å². The summed E-state index contributed by atoms with van der Waals surface area (Å²) in [6.07, 6.45) is 5.11. The average molecular weight is 360 g/mol. The molecule has 1 N–H and O–H groups in total. The summed E-state index contributed by atoms with van der Waals surface area (Å²) in [6, 6.07) is 19.4. The van der Waals surface area contributed by atoms with Gasteiger partial charge in [0.05, 0.1) is 18.4 Å². The van der Waals surface area contributed by atoms with E-state index < -0.39 is 0 Å². The zero-order valence-corrected chi connectivity index (χ0v) is 15.7. The Bertz CT molecular complexity index is 887. The fourth-order valence-corrected chi connectivity index (χ4v) is 2.83. The van der Waals surface area contributed by atoms with Gasteiger partial charge < -0.3 is 10.1 Å². The molecule has 3 rings (SSSR count). The van der Waals surface area contributed by atoms with E-state index in [1.54, 1.807) is 25.4 Å². The minimum Gasteiger partial charge on any atom is -0.497 e. The highest BCUT2D eigenvalue weighted by molar-refractivity contribution is 6.04. The first-order chi connectivity index (χ1) is 13.2. The Morgan fingerprint density at radius 2 is 1.89 bits per heavy atom. The van der Waals surface area contributed by atoms with Crippen molar-refractivity contribution in [3.05, 3.63) is 78.0 Å². The van der Waals surface area contributed by atoms with Gasteiger partial charge in [-0.15, -0.1) is 0 Å². The molecule has 2 aromatic carbocycles. The lowest BCUT2D eigenvalue weighted by Gasteiger charge is -2.08. The van der Waals surface area contributed by atoms with Crippen LogP contribution >= 0.6 is 0 Å². The van der Waals surface area contributed by atoms with Crippen molar-refractivity contribution in [3.63, 3.8) is 0 Å². The number of amides is 1. The van der Waals surface area contributed by atoms with Crippen LogP contribution < -0.4 is 10.1 Å². The number of carbonyl (C=O) groups excluding carboxylic acids is 1. The third kappa shape index (κ3) is 4.94. The summed E-state index contributed by atoms with van der Waals surface area (Å²) in [6.45, 7) is 2.20. The largest absolute Gasteiger partial charge is 0.497 e. The standard InChI is InChI=1S/C23H24N2O2/c1-3-4-6-17-9-11-18(12-10-17)22-14-13-19(16-24-22)23(26)25-20-7-5-8-21(15-20)27-2/h5,7-16H,3-4,6H2,1-2H3,(H,25,26). The van der Waals surface area contributed by atoms with Gasteiger partial charge in [-0.1, -0.05) is 43.7 Å². The van der Waals surface area contributed by atoms with E-state index in [4.69, 9.17) is 4.74 Å². The number of hydrogen-bond acceptors (Lipinski definition) is 3. The van der Waals surface area contributed by atoms with Crippen LogP contribution in [-0.4, -0.2) is 18.0 Å². The predicted molar refractivity (Wildman–Crippen MR) is 109 cm³/mol. The summed E-state index contributed by atoms with van der Waals surface area (Å²) < 4.78 is 5.17. The maximum atomic E-state index is 12.4. The number of anilines is 1. The topological polar surface area (TPSA) is 51.2 Å². The molecule has 0 saturated carbocycles. The molecule has 0 aliphatic rings. The number of hydrogen-bond donors (Lipinski definition) is 1. The highest BCUT2D eigenvalue weighted by Gasteiger charge is 2.08. The van der Waals surface area contributed by atoms with Crippen molar-refractivity contribution in [3.8, 4) is 17.0 Å². The number of benzene rings is 2. The van der Waals surface area contributed by atoms with Gasteiger partial charge in [0.2, 0.25) is 0 Å². The number of nitrogens with zero attached hydrogens (tertiary/aromatic N) is 1. The molecule has 4 heteroatoms. The van der Waals surface area contributed by atoms with Gasteiger partial charge in [-0.05, 0) is 42.7 Å². The highest BCUT2D eigenvalue weighted by Crippen LogP contribution is 2.20. The van der Waals surface area contributed by atoms with Crippen LogP contribution in [0.15, 0.2) is 66.9 Å². The van der Waals surface area contributed by atoms with Crippen LogP contribution in [0.25, 0.3) is 11.3 Å². The molecule has 0 atom stereocenters. The molecule has 138 valence electrons. The van der Waals surface area contributed by atoms with E-state index in [-0.39, 0.29) is 5.91 Å². The highest BCUT2D eigenvalue weighted by atomic mass is 16.5. The fraction of sp³-hybridized carbons (Fsp3) is 0.217. The Hall–Kier alpha value is -3.14. The van der Waals surface area contributed by atoms with Crippen molar-refractivity contribution in [2.24, 2.45) is 0 Å². The van der Waals surface area contributed by atoms with Crippen LogP contribution in [0.2, 0.25) is 0 Å². The summed E-state index contributed by atoms with van der Waals surface area (Å²) in [5, 5.41) is 2.86. The second kappa shape index (κ2) is 8.99. The van der Waals surface area contributed by atoms with Gasteiger partial charge in [0.15, 0.2) is 0 Å². The zero-order chi connectivity index (χ0) is 19.1. The molecule has 0 saturated heterocycles. The van der Waals surface area contributed by atoms with E-state index >= 15 is 0 Å². The van der Waals surface area contributed by atoms with Crippen molar-refractivity contribution in [1.29, 1.82) is 0 Å². The maximum absolute atomic E-state index is 12.4. The average Bonchev–Trinajstić information content (AvgIpc) is 2.73. The summed E-state index contributed by atoms with van der Waals surface area (Å²) in [5.41, 5.74) is 4.45. The van der Waals surface area contributed by atoms with Crippen LogP contribution in [0.3, 0.4) is 0 Å². The molecule has 0 fully saturated rings. The second-order valence-electron chi connectivity index (χ2n) is 6.42. The summed E-state index contributed by atoms with van der Waals surface area (Å²) in [4.78, 5) is 16.9. The van der Waals surface area contributed by atoms with E-state index in [1.807, 2.05) is 24.3 Å². The molecule has 3 aromatic rings. The third-order valence-corrected chi connectivity index (χ3v) is 4.42. The number of aryl methyl sites for hydroxylation is 1. The number of nitrogens with one attached hydrogen (secondary N) is 1. The Labute approximate surface area is 160 Å². The fourth-order valence-electron chi connectivity index (χ4n) is 2.83. The molecular formula is C23H24N2O2. The molecule has 1 amide bonds. The number of pyridine rings is 1. The van der Waals surface area contributed by atoms with Gasteiger partial charge in [0.25, 0.3) is 5.91 Å². The molecule has 0 aliphatic heterocycles. The van der Waals surface area contributed by atoms with Crippen molar-refractivity contribution in [1.82, 2.24) is 4.98 Å². The molecule has 27 heavy (non-hydrogen) atoms. The Morgan fingerprint density at radius 1 is 1.07 bits per heavy atom. The van der Waals surface area contributed by atoms with Crippen LogP contribution in [0, 0.1) is 0 Å². The third-order valence-electron chi connectivity index (χ3n) is 4.42. The first-order valence-corrected chi connectivity index (χ1v) is 9.20. The van der Waals surface area contributed by atoms with Gasteiger partial charge in [-0.25, -0.2) is 0 Å². The Balaban J connectivity index is 1.68. The lowest BCUT2D eigenvalue weighted by Crippen LogP contribution is -2.12. The SMILES string of the molecule is CCCCc1ccc(-c2ccc(C(=O)Nc3cccc(OC)c3)cn2)cc1. The summed E-state index contributed by atoms with van der Waals surface area (Å²) >= 11 is 0. The van der Waals surface area contributed by atoms with Gasteiger partial charge in [-0.3, -0.25) is 9.78 Å². The molecule has 1 aromatic heterocycles. The van der Waals surface area contributed by atoms with Gasteiger partial charge in [0, 0.05) is 23.5 Å². The number of unbranched alkanes of at least 4 members (excludes halogenated alkanes) is 1. The summed E-state index contributed by atoms with van der Waals surface area (Å²) in [5.74, 6) is 0.501. The van der Waals surface area contributed by atoms with Gasteiger partial charge in [0.1, 0.15) is 5.75 Å². The van der Waals surface area contributed by atoms with Crippen LogP contribution in [0.1, 0.15) is 35.7 Å². The Morgan fingerprint density at radius 3 is 2.56 bits per heavy atom. The van der Waals surface area contributed by atoms with E-state index in [0.29, 0.717) is 17.0 Å². The second-order valence-corrected chi connectivity index (χ2v) is 6.42. The number of methoxy groups -OCH3 is 1. The number of rotatable bonds is 7. The number of aromatic nitrogens is 1. The van der Waals surface area contributed by atoms with E-state index in [0.717, 1.165) is 17.7 Å². The van der Waals surface area contributed by atoms with E-state index in [2.05, 4.69) is 41.5 Å². The molecular weight excluding hydrogens is 336 g/mol. The van der Waals surface area contributed by atoms with Crippen LogP contribution in [0.4, 0.5) is 5.69 Å². The lowest BCUT2D eigenvalue weighted by atomic mass is 10.0. The number of ether oxygens (including phenoxy) is 1. The lowest BCUT2D eigenvalue weighted by molar-refractivity contribution is 0.102. The molecule has 4 nitrogen and oxygen atoms in total. The van der Waals surface area contributed by atoms with Gasteiger partial charge in [-0.2, -0.15) is 0 Å². The van der Waals surface area contributed by atoms with Crippen molar-refractivity contribution >= 4 is 11.6 Å². The van der Waals surface area contributed by atoms with Crippen LogP contribution in [0.5, 0.6) is 5.75 Å². The summed E-state index contributed by atoms with van der Waals surface area (Å²) in [7, 11) is 1.60. The molecule has 0 unspecified atom stereocenters. The number of carbonyl (C=O) groups is 1. The minimum atomic E-state index is -0.197. The monoisotopic (exact) mass is 360 g/mol. The van der Waals surface area contributed by atoms with Crippen molar-refractivity contribution in [2.75, 3.05) is 12.4 Å². The first kappa shape index (κ1) is 18.6. The zero-order valence-electron chi connectivity index (χ0n) is 15.7. The quantitative estimate of drug-likeness (QED) is 0.618. The van der Waals surface area contributed by atoms with Crippen molar-refractivity contribution in [2.45, 2.75) is 26.2 Å². The van der Waals surface area contributed by atoms with E-state index in [9.17, 15) is 4.79 Å². The molecule has 0 radical (unpaired) electrons. The molecule has 0 spiro atoms. The maximum Gasteiger partial charge on any atom is 0.257 e. The van der Waals surface area contributed by atoms with Gasteiger partial charge >= 0.3 is 0 Å². The minimum absolute atomic E-state index is 0.197. The Kier molecular flexibility index (Phi) is 6.21. The smallest absolute Gasteiger partial charge is 0.257 e. The first-order valence-electron chi connectivity index (χ1n) is 9.20. The normalized spacial score (nSPS) is 10.4.